The topological polar surface area (TPSA) is 122 Å². The SMILES string of the molecule is CN(C)c1ccc(/C=N\NC(=O)C[C@@H]2CCS(=O)(=O)C2)cc1[N+](=O)[O-]. The average Bonchev–Trinajstić information content (AvgIpc) is 2.85. The van der Waals surface area contributed by atoms with Gasteiger partial charge in [0, 0.05) is 32.1 Å². The van der Waals surface area contributed by atoms with Crippen LogP contribution in [0.3, 0.4) is 0 Å². The number of amides is 1. The second-order valence-corrected chi connectivity index (χ2v) is 8.39. The van der Waals surface area contributed by atoms with E-state index in [1.54, 1.807) is 31.1 Å². The first-order valence-corrected chi connectivity index (χ1v) is 9.48. The molecule has 136 valence electrons. The molecule has 25 heavy (non-hydrogen) atoms. The molecule has 1 amide bonds. The van der Waals surface area contributed by atoms with E-state index in [1.165, 1.54) is 12.3 Å². The maximum atomic E-state index is 11.8. The molecule has 0 aromatic heterocycles. The van der Waals surface area contributed by atoms with Gasteiger partial charge in [0.25, 0.3) is 5.69 Å². The zero-order valence-electron chi connectivity index (χ0n) is 14.0. The van der Waals surface area contributed by atoms with Crippen LogP contribution in [0.1, 0.15) is 18.4 Å². The molecule has 0 aliphatic carbocycles. The fourth-order valence-corrected chi connectivity index (χ4v) is 4.53. The zero-order chi connectivity index (χ0) is 18.6. The summed E-state index contributed by atoms with van der Waals surface area (Å²) in [7, 11) is 0.401. The number of nitrogens with zero attached hydrogens (tertiary/aromatic N) is 3. The predicted molar refractivity (Wildman–Crippen MR) is 94.5 cm³/mol. The lowest BCUT2D eigenvalue weighted by atomic mass is 10.1. The van der Waals surface area contributed by atoms with E-state index >= 15 is 0 Å². The summed E-state index contributed by atoms with van der Waals surface area (Å²) in [5.41, 5.74) is 3.21. The minimum Gasteiger partial charge on any atom is -0.372 e. The number of nitro benzene ring substituents is 1. The molecule has 1 aliphatic heterocycles. The Balaban J connectivity index is 1.96. The second-order valence-electron chi connectivity index (χ2n) is 6.17. The van der Waals surface area contributed by atoms with Gasteiger partial charge in [0.2, 0.25) is 5.91 Å². The Labute approximate surface area is 145 Å². The number of hydrogen-bond donors (Lipinski definition) is 1. The highest BCUT2D eigenvalue weighted by Gasteiger charge is 2.29. The molecule has 10 heteroatoms. The number of carbonyl (C=O) groups is 1. The van der Waals surface area contributed by atoms with Crippen LogP contribution in [0.2, 0.25) is 0 Å². The molecule has 1 heterocycles. The molecule has 9 nitrogen and oxygen atoms in total. The highest BCUT2D eigenvalue weighted by molar-refractivity contribution is 7.91. The fraction of sp³-hybridized carbons (Fsp3) is 0.467. The molecule has 1 fully saturated rings. The third-order valence-corrected chi connectivity index (χ3v) is 5.72. The molecule has 2 rings (SSSR count). The van der Waals surface area contributed by atoms with Gasteiger partial charge in [-0.25, -0.2) is 13.8 Å². The van der Waals surface area contributed by atoms with Gasteiger partial charge in [0.1, 0.15) is 5.69 Å². The third kappa shape index (κ3) is 5.24. The third-order valence-electron chi connectivity index (χ3n) is 3.88. The van der Waals surface area contributed by atoms with Crippen LogP contribution in [0, 0.1) is 16.0 Å². The molecule has 1 saturated heterocycles. The lowest BCUT2D eigenvalue weighted by Gasteiger charge is -2.12. The van der Waals surface area contributed by atoms with E-state index in [2.05, 4.69) is 10.5 Å². The number of hydrogen-bond acceptors (Lipinski definition) is 7. The Kier molecular flexibility index (Phi) is 5.73. The molecular weight excluding hydrogens is 348 g/mol. The van der Waals surface area contributed by atoms with Crippen LogP contribution in [0.15, 0.2) is 23.3 Å². The van der Waals surface area contributed by atoms with Crippen LogP contribution in [-0.2, 0) is 14.6 Å². The Morgan fingerprint density at radius 3 is 2.76 bits per heavy atom. The Hall–Kier alpha value is -2.49. The predicted octanol–water partition coefficient (Wildman–Crippen LogP) is 0.936. The van der Waals surface area contributed by atoms with E-state index in [9.17, 15) is 23.3 Å². The van der Waals surface area contributed by atoms with Crippen molar-refractivity contribution in [2.24, 2.45) is 11.0 Å². The van der Waals surface area contributed by atoms with Crippen LogP contribution < -0.4 is 10.3 Å². The minimum absolute atomic E-state index is 0.0301. The van der Waals surface area contributed by atoms with Crippen molar-refractivity contribution in [3.8, 4) is 0 Å². The van der Waals surface area contributed by atoms with Crippen LogP contribution in [-0.4, -0.2) is 51.1 Å². The summed E-state index contributed by atoms with van der Waals surface area (Å²) in [5, 5.41) is 14.9. The molecule has 1 N–H and O–H groups in total. The fourth-order valence-electron chi connectivity index (χ4n) is 2.66. The number of sulfone groups is 1. The lowest BCUT2D eigenvalue weighted by molar-refractivity contribution is -0.384. The summed E-state index contributed by atoms with van der Waals surface area (Å²) < 4.78 is 22.7. The summed E-state index contributed by atoms with van der Waals surface area (Å²) in [6, 6.07) is 4.63. The number of nitro groups is 1. The van der Waals surface area contributed by atoms with Crippen LogP contribution >= 0.6 is 0 Å². The van der Waals surface area contributed by atoms with Crippen molar-refractivity contribution in [1.82, 2.24) is 5.43 Å². The number of anilines is 1. The molecule has 0 bridgehead atoms. The number of nitrogens with one attached hydrogen (secondary N) is 1. The number of carbonyl (C=O) groups excluding carboxylic acids is 1. The Morgan fingerprint density at radius 2 is 2.20 bits per heavy atom. The first kappa shape index (κ1) is 18.8. The first-order valence-electron chi connectivity index (χ1n) is 7.66. The lowest BCUT2D eigenvalue weighted by Crippen LogP contribution is -2.21. The first-order chi connectivity index (χ1) is 11.7. The number of benzene rings is 1. The average molecular weight is 368 g/mol. The summed E-state index contributed by atoms with van der Waals surface area (Å²) in [6.45, 7) is 0. The smallest absolute Gasteiger partial charge is 0.293 e. The van der Waals surface area contributed by atoms with Crippen LogP contribution in [0.25, 0.3) is 0 Å². The summed E-state index contributed by atoms with van der Waals surface area (Å²) in [4.78, 5) is 24.1. The summed E-state index contributed by atoms with van der Waals surface area (Å²) >= 11 is 0. The molecule has 0 spiro atoms. The minimum atomic E-state index is -3.01. The van der Waals surface area contributed by atoms with Crippen LogP contribution in [0.4, 0.5) is 11.4 Å². The molecular formula is C15H20N4O5S. The van der Waals surface area contributed by atoms with Gasteiger partial charge in [-0.1, -0.05) is 6.07 Å². The monoisotopic (exact) mass is 368 g/mol. The second kappa shape index (κ2) is 7.60. The molecule has 1 atom stereocenters. The van der Waals surface area contributed by atoms with Gasteiger partial charge in [-0.05, 0) is 18.4 Å². The van der Waals surface area contributed by atoms with Gasteiger partial charge in [-0.2, -0.15) is 5.10 Å². The zero-order valence-corrected chi connectivity index (χ0v) is 14.8. The Bertz CT molecular complexity index is 804. The Morgan fingerprint density at radius 1 is 1.48 bits per heavy atom. The van der Waals surface area contributed by atoms with Gasteiger partial charge >= 0.3 is 0 Å². The van der Waals surface area contributed by atoms with Gasteiger partial charge in [0.15, 0.2) is 9.84 Å². The van der Waals surface area contributed by atoms with Crippen LogP contribution in [0.5, 0.6) is 0 Å². The maximum Gasteiger partial charge on any atom is 0.293 e. The summed E-state index contributed by atoms with van der Waals surface area (Å²) in [6.07, 6.45) is 1.89. The quantitative estimate of drug-likeness (QED) is 0.453. The highest BCUT2D eigenvalue weighted by Crippen LogP contribution is 2.27. The van der Waals surface area contributed by atoms with Crippen molar-refractivity contribution in [3.63, 3.8) is 0 Å². The number of hydrazone groups is 1. The highest BCUT2D eigenvalue weighted by atomic mass is 32.2. The molecule has 0 radical (unpaired) electrons. The van der Waals surface area contributed by atoms with E-state index in [0.717, 1.165) is 0 Å². The van der Waals surface area contributed by atoms with Crippen molar-refractivity contribution >= 4 is 33.3 Å². The standard InChI is InChI=1S/C15H20N4O5S/c1-18(2)13-4-3-11(7-14(13)19(21)22)9-16-17-15(20)8-12-5-6-25(23,24)10-12/h3-4,7,9,12H,5-6,8,10H2,1-2H3,(H,17,20)/b16-9-/t12-/m0/s1. The van der Waals surface area contributed by atoms with E-state index in [0.29, 0.717) is 17.7 Å². The molecule has 1 aliphatic rings. The molecule has 1 aromatic rings. The van der Waals surface area contributed by atoms with Gasteiger partial charge in [-0.3, -0.25) is 14.9 Å². The van der Waals surface area contributed by atoms with Crippen molar-refractivity contribution in [3.05, 3.63) is 33.9 Å². The maximum absolute atomic E-state index is 11.8. The van der Waals surface area contributed by atoms with E-state index < -0.39 is 14.8 Å². The summed E-state index contributed by atoms with van der Waals surface area (Å²) in [5.74, 6) is -0.406. The van der Waals surface area contributed by atoms with E-state index in [4.69, 9.17) is 0 Å². The number of rotatable bonds is 6. The van der Waals surface area contributed by atoms with E-state index in [-0.39, 0.29) is 35.4 Å². The molecule has 0 unspecified atom stereocenters. The van der Waals surface area contributed by atoms with Crippen molar-refractivity contribution in [2.75, 3.05) is 30.5 Å². The molecule has 1 aromatic carbocycles. The normalized spacial score (nSPS) is 19.0. The van der Waals surface area contributed by atoms with Gasteiger partial charge in [-0.15, -0.1) is 0 Å². The van der Waals surface area contributed by atoms with E-state index in [1.807, 2.05) is 0 Å². The van der Waals surface area contributed by atoms with Crippen molar-refractivity contribution in [2.45, 2.75) is 12.8 Å². The van der Waals surface area contributed by atoms with Gasteiger partial charge < -0.3 is 4.90 Å². The molecule has 0 saturated carbocycles. The van der Waals surface area contributed by atoms with Gasteiger partial charge in [0.05, 0.1) is 22.6 Å². The van der Waals surface area contributed by atoms with Crippen molar-refractivity contribution in [1.29, 1.82) is 0 Å². The van der Waals surface area contributed by atoms with Crippen molar-refractivity contribution < 1.29 is 18.1 Å². The largest absolute Gasteiger partial charge is 0.372 e.